The largest absolute Gasteiger partial charge is 0.464 e. The topological polar surface area (TPSA) is 114 Å². The number of rotatable bonds is 18. The molecule has 3 N–H and O–H groups in total. The molecule has 0 saturated heterocycles. The zero-order valence-corrected chi connectivity index (χ0v) is 16.6. The highest BCUT2D eigenvalue weighted by Crippen LogP contribution is 2.09. The fourth-order valence-electron chi connectivity index (χ4n) is 2.32. The first-order chi connectivity index (χ1) is 13.5. The van der Waals surface area contributed by atoms with Gasteiger partial charge < -0.3 is 25.2 Å². The van der Waals surface area contributed by atoms with Crippen LogP contribution in [0.2, 0.25) is 0 Å². The maximum absolute atomic E-state index is 12.2. The van der Waals surface area contributed by atoms with E-state index in [2.05, 4.69) is 23.8 Å². The number of allylic oxidation sites excluding steroid dienone is 2. The quantitative estimate of drug-likeness (QED) is 0.181. The lowest BCUT2D eigenvalue weighted by Gasteiger charge is -2.15. The fourth-order valence-corrected chi connectivity index (χ4v) is 2.32. The first kappa shape index (κ1) is 25.8. The predicted molar refractivity (Wildman–Crippen MR) is 106 cm³/mol. The van der Waals surface area contributed by atoms with Gasteiger partial charge in [-0.15, -0.1) is 13.2 Å². The van der Waals surface area contributed by atoms with Crippen molar-refractivity contribution in [2.45, 2.75) is 38.5 Å². The lowest BCUT2D eigenvalue weighted by Crippen LogP contribution is -2.37. The second-order valence-electron chi connectivity index (χ2n) is 6.16. The Balaban J connectivity index is 4.02. The lowest BCUT2D eigenvalue weighted by atomic mass is 10.00. The molecule has 0 aliphatic rings. The van der Waals surface area contributed by atoms with E-state index >= 15 is 0 Å². The number of amides is 2. The van der Waals surface area contributed by atoms with E-state index in [1.165, 1.54) is 0 Å². The SMILES string of the molecule is C=CCCCCC(=O)OCCNC(=O)C(CC=C)CC(=O)NCCOCCO. The first-order valence-corrected chi connectivity index (χ1v) is 9.65. The van der Waals surface area contributed by atoms with Gasteiger partial charge in [-0.05, 0) is 25.7 Å². The maximum atomic E-state index is 12.2. The molecular formula is C20H34N2O6. The number of aliphatic hydroxyl groups is 1. The molecule has 0 aromatic heterocycles. The van der Waals surface area contributed by atoms with Gasteiger partial charge in [-0.2, -0.15) is 0 Å². The summed E-state index contributed by atoms with van der Waals surface area (Å²) in [5.74, 6) is -1.37. The number of carbonyl (C=O) groups is 3. The van der Waals surface area contributed by atoms with Crippen LogP contribution >= 0.6 is 0 Å². The molecule has 0 bridgehead atoms. The Labute approximate surface area is 167 Å². The molecule has 0 aromatic rings. The van der Waals surface area contributed by atoms with Crippen LogP contribution in [-0.2, 0) is 23.9 Å². The van der Waals surface area contributed by atoms with E-state index in [9.17, 15) is 14.4 Å². The van der Waals surface area contributed by atoms with E-state index in [1.807, 2.05) is 6.08 Å². The third-order valence-electron chi connectivity index (χ3n) is 3.76. The zero-order valence-electron chi connectivity index (χ0n) is 16.6. The van der Waals surface area contributed by atoms with Gasteiger partial charge >= 0.3 is 5.97 Å². The third kappa shape index (κ3) is 14.9. The summed E-state index contributed by atoms with van der Waals surface area (Å²) in [5, 5.41) is 13.9. The Morgan fingerprint density at radius 3 is 2.43 bits per heavy atom. The number of ether oxygens (including phenoxy) is 2. The normalized spacial score (nSPS) is 11.3. The van der Waals surface area contributed by atoms with Crippen molar-refractivity contribution in [1.29, 1.82) is 0 Å². The molecule has 0 fully saturated rings. The summed E-state index contributed by atoms with van der Waals surface area (Å²) in [6.07, 6.45) is 6.66. The molecule has 0 saturated carbocycles. The van der Waals surface area contributed by atoms with Crippen LogP contribution in [0.15, 0.2) is 25.3 Å². The number of esters is 1. The summed E-state index contributed by atoms with van der Waals surface area (Å²) < 4.78 is 10.1. The second-order valence-corrected chi connectivity index (χ2v) is 6.16. The standard InChI is InChI=1S/C20H34N2O6/c1-3-5-6-7-9-19(25)28-14-11-22-20(26)17(8-4-2)16-18(24)21-10-13-27-15-12-23/h3-4,17,23H,1-2,5-16H2,(H,21,24)(H,22,26). The number of aliphatic hydroxyl groups excluding tert-OH is 1. The van der Waals surface area contributed by atoms with Crippen molar-refractivity contribution < 1.29 is 29.0 Å². The van der Waals surface area contributed by atoms with E-state index in [4.69, 9.17) is 14.6 Å². The third-order valence-corrected chi connectivity index (χ3v) is 3.76. The molecule has 0 aliphatic heterocycles. The monoisotopic (exact) mass is 398 g/mol. The van der Waals surface area contributed by atoms with Crippen molar-refractivity contribution in [2.24, 2.45) is 5.92 Å². The Morgan fingerprint density at radius 2 is 1.75 bits per heavy atom. The van der Waals surface area contributed by atoms with Crippen LogP contribution in [-0.4, -0.2) is 62.4 Å². The van der Waals surface area contributed by atoms with Gasteiger partial charge in [-0.3, -0.25) is 14.4 Å². The summed E-state index contributed by atoms with van der Waals surface area (Å²) in [6, 6.07) is 0. The molecule has 0 aromatic carbocycles. The Bertz CT molecular complexity index is 481. The minimum absolute atomic E-state index is 0.0287. The van der Waals surface area contributed by atoms with E-state index in [-0.39, 0.29) is 50.6 Å². The predicted octanol–water partition coefficient (Wildman–Crippen LogP) is 1.10. The molecule has 8 heteroatoms. The van der Waals surface area contributed by atoms with Crippen LogP contribution in [0.25, 0.3) is 0 Å². The number of unbranched alkanes of at least 4 members (excludes halogenated alkanes) is 2. The van der Waals surface area contributed by atoms with Crippen molar-refractivity contribution in [3.8, 4) is 0 Å². The van der Waals surface area contributed by atoms with Crippen molar-refractivity contribution >= 4 is 17.8 Å². The lowest BCUT2D eigenvalue weighted by molar-refractivity contribution is -0.144. The summed E-state index contributed by atoms with van der Waals surface area (Å²) in [7, 11) is 0. The van der Waals surface area contributed by atoms with Crippen LogP contribution in [0, 0.1) is 5.92 Å². The minimum atomic E-state index is -0.537. The first-order valence-electron chi connectivity index (χ1n) is 9.65. The molecule has 28 heavy (non-hydrogen) atoms. The van der Waals surface area contributed by atoms with E-state index < -0.39 is 5.92 Å². The van der Waals surface area contributed by atoms with Crippen LogP contribution in [0.4, 0.5) is 0 Å². The van der Waals surface area contributed by atoms with Gasteiger partial charge in [0.25, 0.3) is 0 Å². The van der Waals surface area contributed by atoms with Crippen LogP contribution in [0.1, 0.15) is 38.5 Å². The number of hydrogen-bond donors (Lipinski definition) is 3. The van der Waals surface area contributed by atoms with Gasteiger partial charge in [-0.25, -0.2) is 0 Å². The van der Waals surface area contributed by atoms with Crippen LogP contribution in [0.3, 0.4) is 0 Å². The Kier molecular flexibility index (Phi) is 16.8. The Hall–Kier alpha value is -2.19. The Morgan fingerprint density at radius 1 is 1.00 bits per heavy atom. The highest BCUT2D eigenvalue weighted by molar-refractivity contribution is 5.85. The summed E-state index contributed by atoms with van der Waals surface area (Å²) in [4.78, 5) is 35.7. The van der Waals surface area contributed by atoms with Crippen molar-refractivity contribution in [3.05, 3.63) is 25.3 Å². The molecule has 0 rings (SSSR count). The van der Waals surface area contributed by atoms with Gasteiger partial charge in [0.1, 0.15) is 6.61 Å². The average molecular weight is 399 g/mol. The van der Waals surface area contributed by atoms with Crippen LogP contribution in [0.5, 0.6) is 0 Å². The smallest absolute Gasteiger partial charge is 0.305 e. The van der Waals surface area contributed by atoms with E-state index in [0.717, 1.165) is 19.3 Å². The summed E-state index contributed by atoms with van der Waals surface area (Å²) in [5.41, 5.74) is 0. The summed E-state index contributed by atoms with van der Waals surface area (Å²) in [6.45, 7) is 8.29. The molecule has 0 radical (unpaired) electrons. The van der Waals surface area contributed by atoms with Crippen LogP contribution < -0.4 is 10.6 Å². The molecule has 0 aliphatic carbocycles. The fraction of sp³-hybridized carbons (Fsp3) is 0.650. The molecule has 160 valence electrons. The molecule has 0 spiro atoms. The molecular weight excluding hydrogens is 364 g/mol. The highest BCUT2D eigenvalue weighted by Gasteiger charge is 2.20. The maximum Gasteiger partial charge on any atom is 0.305 e. The molecule has 2 amide bonds. The van der Waals surface area contributed by atoms with Gasteiger partial charge in [0.15, 0.2) is 0 Å². The second kappa shape index (κ2) is 18.2. The van der Waals surface area contributed by atoms with Crippen molar-refractivity contribution in [2.75, 3.05) is 39.5 Å². The number of nitrogens with one attached hydrogen (secondary N) is 2. The van der Waals surface area contributed by atoms with Crippen molar-refractivity contribution in [3.63, 3.8) is 0 Å². The minimum Gasteiger partial charge on any atom is -0.464 e. The van der Waals surface area contributed by atoms with E-state index in [1.54, 1.807) is 6.08 Å². The average Bonchev–Trinajstić information content (AvgIpc) is 2.68. The zero-order chi connectivity index (χ0) is 21.0. The number of carbonyl (C=O) groups excluding carboxylic acids is 3. The molecule has 0 heterocycles. The van der Waals surface area contributed by atoms with Gasteiger partial charge in [-0.1, -0.05) is 12.2 Å². The number of hydrogen-bond acceptors (Lipinski definition) is 6. The molecule has 1 unspecified atom stereocenters. The molecule has 1 atom stereocenters. The highest BCUT2D eigenvalue weighted by atomic mass is 16.5. The van der Waals surface area contributed by atoms with E-state index in [0.29, 0.717) is 26.0 Å². The summed E-state index contributed by atoms with van der Waals surface area (Å²) >= 11 is 0. The van der Waals surface area contributed by atoms with Gasteiger partial charge in [0, 0.05) is 19.4 Å². The molecule has 8 nitrogen and oxygen atoms in total. The van der Waals surface area contributed by atoms with Gasteiger partial charge in [0.2, 0.25) is 11.8 Å². The van der Waals surface area contributed by atoms with Gasteiger partial charge in [0.05, 0.1) is 32.3 Å². The van der Waals surface area contributed by atoms with Crippen molar-refractivity contribution in [1.82, 2.24) is 10.6 Å².